The Kier molecular flexibility index (Phi) is 5.33. The molecule has 2 rings (SSSR count). The van der Waals surface area contributed by atoms with Gasteiger partial charge in [0.25, 0.3) is 5.91 Å². The smallest absolute Gasteiger partial charge is 0.251 e. The molecule has 1 aromatic carbocycles. The average Bonchev–Trinajstić information content (AvgIpc) is 2.47. The van der Waals surface area contributed by atoms with Gasteiger partial charge in [-0.1, -0.05) is 18.2 Å². The third-order valence-electron chi connectivity index (χ3n) is 3.61. The van der Waals surface area contributed by atoms with Gasteiger partial charge in [-0.2, -0.15) is 0 Å². The van der Waals surface area contributed by atoms with Crippen LogP contribution in [0.2, 0.25) is 0 Å². The van der Waals surface area contributed by atoms with Crippen LogP contribution in [-0.4, -0.2) is 49.1 Å². The average molecular weight is 290 g/mol. The number of aryl methyl sites for hydroxylation is 1. The summed E-state index contributed by atoms with van der Waals surface area (Å²) >= 11 is 0. The molecule has 1 aliphatic rings. The van der Waals surface area contributed by atoms with Crippen molar-refractivity contribution < 1.29 is 14.3 Å². The summed E-state index contributed by atoms with van der Waals surface area (Å²) in [7, 11) is 0. The lowest BCUT2D eigenvalue weighted by molar-refractivity contribution is -0.137. The zero-order valence-corrected chi connectivity index (χ0v) is 12.6. The molecule has 1 aromatic rings. The topological polar surface area (TPSA) is 58.6 Å². The molecule has 1 saturated heterocycles. The van der Waals surface area contributed by atoms with Crippen molar-refractivity contribution in [3.63, 3.8) is 0 Å². The fourth-order valence-corrected chi connectivity index (χ4v) is 2.41. The SMILES string of the molecule is Cc1ccccc1C(=O)NCCC(=O)N1CCO[C@H](C)C1. The van der Waals surface area contributed by atoms with Crippen molar-refractivity contribution in [2.45, 2.75) is 26.4 Å². The van der Waals surface area contributed by atoms with E-state index in [0.717, 1.165) is 5.56 Å². The molecule has 0 aliphatic carbocycles. The number of benzene rings is 1. The van der Waals surface area contributed by atoms with Crippen LogP contribution < -0.4 is 5.32 Å². The summed E-state index contributed by atoms with van der Waals surface area (Å²) in [5, 5.41) is 2.80. The standard InChI is InChI=1S/C16H22N2O3/c1-12-5-3-4-6-14(12)16(20)17-8-7-15(19)18-9-10-21-13(2)11-18/h3-6,13H,7-11H2,1-2H3,(H,17,20)/t13-/m1/s1. The third kappa shape index (κ3) is 4.29. The molecule has 1 aliphatic heterocycles. The van der Waals surface area contributed by atoms with Gasteiger partial charge in [0, 0.05) is 31.6 Å². The predicted octanol–water partition coefficient (Wildman–Crippen LogP) is 1.36. The largest absolute Gasteiger partial charge is 0.375 e. The highest BCUT2D eigenvalue weighted by Gasteiger charge is 2.21. The Morgan fingerprint density at radius 3 is 2.86 bits per heavy atom. The van der Waals surface area contributed by atoms with Gasteiger partial charge < -0.3 is 15.0 Å². The highest BCUT2D eigenvalue weighted by molar-refractivity contribution is 5.95. The summed E-state index contributed by atoms with van der Waals surface area (Å²) in [6.07, 6.45) is 0.411. The Balaban J connectivity index is 1.77. The number of carbonyl (C=O) groups excluding carboxylic acids is 2. The van der Waals surface area contributed by atoms with Crippen molar-refractivity contribution >= 4 is 11.8 Å². The number of nitrogens with zero attached hydrogens (tertiary/aromatic N) is 1. The van der Waals surface area contributed by atoms with Crippen molar-refractivity contribution in [2.75, 3.05) is 26.2 Å². The monoisotopic (exact) mass is 290 g/mol. The lowest BCUT2D eigenvalue weighted by atomic mass is 10.1. The first-order chi connectivity index (χ1) is 10.1. The lowest BCUT2D eigenvalue weighted by Crippen LogP contribution is -2.45. The van der Waals surface area contributed by atoms with Crippen molar-refractivity contribution in [1.82, 2.24) is 10.2 Å². The number of hydrogen-bond acceptors (Lipinski definition) is 3. The molecule has 2 amide bonds. The molecule has 0 saturated carbocycles. The lowest BCUT2D eigenvalue weighted by Gasteiger charge is -2.31. The minimum Gasteiger partial charge on any atom is -0.375 e. The quantitative estimate of drug-likeness (QED) is 0.911. The molecule has 1 heterocycles. The third-order valence-corrected chi connectivity index (χ3v) is 3.61. The maximum Gasteiger partial charge on any atom is 0.251 e. The number of rotatable bonds is 4. The van der Waals surface area contributed by atoms with Crippen LogP contribution in [0.3, 0.4) is 0 Å². The van der Waals surface area contributed by atoms with Crippen LogP contribution in [-0.2, 0) is 9.53 Å². The summed E-state index contributed by atoms with van der Waals surface area (Å²) in [6.45, 7) is 6.06. The molecule has 1 fully saturated rings. The zero-order valence-electron chi connectivity index (χ0n) is 12.6. The summed E-state index contributed by atoms with van der Waals surface area (Å²) in [5.74, 6) is -0.0634. The summed E-state index contributed by atoms with van der Waals surface area (Å²) in [5.41, 5.74) is 1.59. The fraction of sp³-hybridized carbons (Fsp3) is 0.500. The second-order valence-electron chi connectivity index (χ2n) is 5.34. The fourth-order valence-electron chi connectivity index (χ4n) is 2.41. The van der Waals surface area contributed by atoms with Crippen LogP contribution in [0, 0.1) is 6.92 Å². The molecule has 114 valence electrons. The molecule has 0 bridgehead atoms. The molecular weight excluding hydrogens is 268 g/mol. The van der Waals surface area contributed by atoms with E-state index in [4.69, 9.17) is 4.74 Å². The summed E-state index contributed by atoms with van der Waals surface area (Å²) in [6, 6.07) is 7.42. The number of ether oxygens (including phenoxy) is 1. The van der Waals surface area contributed by atoms with Gasteiger partial charge in [0.05, 0.1) is 12.7 Å². The van der Waals surface area contributed by atoms with Crippen LogP contribution in [0.5, 0.6) is 0 Å². The zero-order chi connectivity index (χ0) is 15.2. The van der Waals surface area contributed by atoms with E-state index in [0.29, 0.717) is 38.2 Å². The molecule has 0 aromatic heterocycles. The molecule has 5 heteroatoms. The van der Waals surface area contributed by atoms with Gasteiger partial charge in [-0.15, -0.1) is 0 Å². The van der Waals surface area contributed by atoms with E-state index in [2.05, 4.69) is 5.32 Å². The second-order valence-corrected chi connectivity index (χ2v) is 5.34. The van der Waals surface area contributed by atoms with E-state index >= 15 is 0 Å². The van der Waals surface area contributed by atoms with E-state index in [1.807, 2.05) is 32.0 Å². The molecular formula is C16H22N2O3. The van der Waals surface area contributed by atoms with Crippen LogP contribution in [0.15, 0.2) is 24.3 Å². The summed E-state index contributed by atoms with van der Waals surface area (Å²) < 4.78 is 5.41. The number of carbonyl (C=O) groups is 2. The van der Waals surface area contributed by atoms with Gasteiger partial charge in [-0.25, -0.2) is 0 Å². The Morgan fingerprint density at radius 2 is 2.14 bits per heavy atom. The molecule has 1 N–H and O–H groups in total. The molecule has 0 radical (unpaired) electrons. The minimum atomic E-state index is -0.128. The molecule has 5 nitrogen and oxygen atoms in total. The van der Waals surface area contributed by atoms with Crippen LogP contribution in [0.1, 0.15) is 29.3 Å². The van der Waals surface area contributed by atoms with Crippen LogP contribution >= 0.6 is 0 Å². The Labute approximate surface area is 125 Å². The Morgan fingerprint density at radius 1 is 1.38 bits per heavy atom. The van der Waals surface area contributed by atoms with Gasteiger partial charge in [0.1, 0.15) is 0 Å². The maximum absolute atomic E-state index is 12.0. The van der Waals surface area contributed by atoms with Crippen molar-refractivity contribution in [3.8, 4) is 0 Å². The van der Waals surface area contributed by atoms with Gasteiger partial charge in [-0.3, -0.25) is 9.59 Å². The van der Waals surface area contributed by atoms with Crippen molar-refractivity contribution in [1.29, 1.82) is 0 Å². The Hall–Kier alpha value is -1.88. The van der Waals surface area contributed by atoms with Gasteiger partial charge in [-0.05, 0) is 25.5 Å². The first-order valence-electron chi connectivity index (χ1n) is 7.31. The number of nitrogens with one attached hydrogen (secondary N) is 1. The van der Waals surface area contributed by atoms with E-state index in [1.165, 1.54) is 0 Å². The number of morpholine rings is 1. The number of hydrogen-bond donors (Lipinski definition) is 1. The predicted molar refractivity (Wildman–Crippen MR) is 80.1 cm³/mol. The maximum atomic E-state index is 12.0. The summed E-state index contributed by atoms with van der Waals surface area (Å²) in [4.78, 5) is 25.9. The van der Waals surface area contributed by atoms with E-state index in [-0.39, 0.29) is 17.9 Å². The van der Waals surface area contributed by atoms with Crippen LogP contribution in [0.4, 0.5) is 0 Å². The number of amides is 2. The molecule has 0 spiro atoms. The van der Waals surface area contributed by atoms with Crippen molar-refractivity contribution in [3.05, 3.63) is 35.4 Å². The minimum absolute atomic E-state index is 0.0650. The highest BCUT2D eigenvalue weighted by Crippen LogP contribution is 2.07. The van der Waals surface area contributed by atoms with E-state index < -0.39 is 0 Å². The second kappa shape index (κ2) is 7.22. The first-order valence-corrected chi connectivity index (χ1v) is 7.31. The highest BCUT2D eigenvalue weighted by atomic mass is 16.5. The van der Waals surface area contributed by atoms with Gasteiger partial charge >= 0.3 is 0 Å². The van der Waals surface area contributed by atoms with Gasteiger partial charge in [0.2, 0.25) is 5.91 Å². The normalized spacial score (nSPS) is 18.4. The molecule has 21 heavy (non-hydrogen) atoms. The molecule has 1 atom stereocenters. The van der Waals surface area contributed by atoms with Crippen LogP contribution in [0.25, 0.3) is 0 Å². The van der Waals surface area contributed by atoms with Gasteiger partial charge in [0.15, 0.2) is 0 Å². The van der Waals surface area contributed by atoms with E-state index in [1.54, 1.807) is 11.0 Å². The Bertz CT molecular complexity index is 516. The van der Waals surface area contributed by atoms with Crippen molar-refractivity contribution in [2.24, 2.45) is 0 Å². The van der Waals surface area contributed by atoms with E-state index in [9.17, 15) is 9.59 Å². The first kappa shape index (κ1) is 15.5. The molecule has 0 unspecified atom stereocenters.